The maximum atomic E-state index is 12.1. The molecule has 1 saturated heterocycles. The number of H-pyrrole nitrogens is 1. The standard InChI is InChI=1S/C20H23N5O/c26-20-19-17(5-2-6-18(19)23-14-24-20)22-12-15-3-1-4-16(11-15)13-25-9-7-21-8-10-25/h1-6,11,14,21-22H,7-10,12-13H2,(H,23,24,26). The Labute approximate surface area is 152 Å². The lowest BCUT2D eigenvalue weighted by molar-refractivity contribution is 0.233. The fourth-order valence-electron chi connectivity index (χ4n) is 3.43. The van der Waals surface area contributed by atoms with Gasteiger partial charge in [0.25, 0.3) is 5.56 Å². The number of benzene rings is 2. The second-order valence-corrected chi connectivity index (χ2v) is 6.63. The maximum Gasteiger partial charge on any atom is 0.260 e. The summed E-state index contributed by atoms with van der Waals surface area (Å²) in [4.78, 5) is 21.5. The summed E-state index contributed by atoms with van der Waals surface area (Å²) in [7, 11) is 0. The molecule has 0 unspecified atom stereocenters. The van der Waals surface area contributed by atoms with Crippen molar-refractivity contribution in [3.63, 3.8) is 0 Å². The first-order valence-corrected chi connectivity index (χ1v) is 9.01. The molecule has 3 N–H and O–H groups in total. The van der Waals surface area contributed by atoms with Crippen LogP contribution in [0.1, 0.15) is 11.1 Å². The molecular formula is C20H23N5O. The van der Waals surface area contributed by atoms with Crippen molar-refractivity contribution in [1.29, 1.82) is 0 Å². The van der Waals surface area contributed by atoms with Crippen LogP contribution >= 0.6 is 0 Å². The molecule has 2 aromatic carbocycles. The van der Waals surface area contributed by atoms with Crippen molar-refractivity contribution >= 4 is 16.6 Å². The van der Waals surface area contributed by atoms with Gasteiger partial charge < -0.3 is 15.6 Å². The average molecular weight is 349 g/mol. The van der Waals surface area contributed by atoms with Gasteiger partial charge in [0, 0.05) is 45.0 Å². The smallest absolute Gasteiger partial charge is 0.260 e. The van der Waals surface area contributed by atoms with E-state index in [9.17, 15) is 4.79 Å². The topological polar surface area (TPSA) is 73.0 Å². The highest BCUT2D eigenvalue weighted by Gasteiger charge is 2.10. The van der Waals surface area contributed by atoms with Crippen LogP contribution in [0.25, 0.3) is 10.9 Å². The number of aromatic nitrogens is 2. The molecular weight excluding hydrogens is 326 g/mol. The van der Waals surface area contributed by atoms with Crippen LogP contribution in [-0.2, 0) is 13.1 Å². The Bertz CT molecular complexity index is 941. The van der Waals surface area contributed by atoms with Gasteiger partial charge in [0.2, 0.25) is 0 Å². The monoisotopic (exact) mass is 349 g/mol. The van der Waals surface area contributed by atoms with Crippen LogP contribution in [0.15, 0.2) is 53.6 Å². The van der Waals surface area contributed by atoms with Gasteiger partial charge in [0.1, 0.15) is 0 Å². The van der Waals surface area contributed by atoms with Crippen LogP contribution in [0.5, 0.6) is 0 Å². The van der Waals surface area contributed by atoms with E-state index in [1.165, 1.54) is 17.5 Å². The number of rotatable bonds is 5. The number of aromatic amines is 1. The highest BCUT2D eigenvalue weighted by atomic mass is 16.1. The fourth-order valence-corrected chi connectivity index (χ4v) is 3.43. The first kappa shape index (κ1) is 16.8. The quantitative estimate of drug-likeness (QED) is 0.657. The van der Waals surface area contributed by atoms with Gasteiger partial charge in [-0.15, -0.1) is 0 Å². The number of nitrogens with one attached hydrogen (secondary N) is 3. The third-order valence-corrected chi connectivity index (χ3v) is 4.76. The van der Waals surface area contributed by atoms with Crippen molar-refractivity contribution in [2.45, 2.75) is 13.1 Å². The molecule has 1 aromatic heterocycles. The lowest BCUT2D eigenvalue weighted by Crippen LogP contribution is -2.42. The molecule has 26 heavy (non-hydrogen) atoms. The molecule has 3 aromatic rings. The van der Waals surface area contributed by atoms with Gasteiger partial charge in [-0.2, -0.15) is 0 Å². The molecule has 4 rings (SSSR count). The zero-order chi connectivity index (χ0) is 17.8. The van der Waals surface area contributed by atoms with E-state index >= 15 is 0 Å². The van der Waals surface area contributed by atoms with Crippen LogP contribution in [-0.4, -0.2) is 41.0 Å². The molecule has 0 bridgehead atoms. The minimum atomic E-state index is -0.120. The Balaban J connectivity index is 1.48. The highest BCUT2D eigenvalue weighted by Crippen LogP contribution is 2.19. The van der Waals surface area contributed by atoms with Gasteiger partial charge in [-0.1, -0.05) is 30.3 Å². The maximum absolute atomic E-state index is 12.1. The fraction of sp³-hybridized carbons (Fsp3) is 0.300. The van der Waals surface area contributed by atoms with Crippen molar-refractivity contribution in [3.8, 4) is 0 Å². The third-order valence-electron chi connectivity index (χ3n) is 4.76. The lowest BCUT2D eigenvalue weighted by atomic mass is 10.1. The molecule has 0 saturated carbocycles. The van der Waals surface area contributed by atoms with Gasteiger partial charge in [0.05, 0.1) is 17.2 Å². The predicted molar refractivity (Wildman–Crippen MR) is 104 cm³/mol. The molecule has 6 heteroatoms. The average Bonchev–Trinajstić information content (AvgIpc) is 2.68. The van der Waals surface area contributed by atoms with Gasteiger partial charge >= 0.3 is 0 Å². The first-order valence-electron chi connectivity index (χ1n) is 9.01. The largest absolute Gasteiger partial charge is 0.380 e. The molecule has 1 aliphatic heterocycles. The zero-order valence-electron chi connectivity index (χ0n) is 14.7. The Hall–Kier alpha value is -2.70. The summed E-state index contributed by atoms with van der Waals surface area (Å²) in [6.45, 7) is 5.95. The molecule has 0 amide bonds. The number of piperazine rings is 1. The summed E-state index contributed by atoms with van der Waals surface area (Å²) in [6, 6.07) is 14.3. The lowest BCUT2D eigenvalue weighted by Gasteiger charge is -2.27. The second kappa shape index (κ2) is 7.68. The van der Waals surface area contributed by atoms with E-state index < -0.39 is 0 Å². The van der Waals surface area contributed by atoms with E-state index in [4.69, 9.17) is 0 Å². The van der Waals surface area contributed by atoms with Crippen molar-refractivity contribution < 1.29 is 0 Å². The van der Waals surface area contributed by atoms with Crippen molar-refractivity contribution in [2.24, 2.45) is 0 Å². The third kappa shape index (κ3) is 3.76. The number of nitrogens with zero attached hydrogens (tertiary/aromatic N) is 2. The molecule has 134 valence electrons. The van der Waals surface area contributed by atoms with Gasteiger partial charge in [-0.05, 0) is 23.3 Å². The Morgan fingerprint density at radius 1 is 1.08 bits per heavy atom. The molecule has 0 atom stereocenters. The number of anilines is 1. The van der Waals surface area contributed by atoms with Crippen molar-refractivity contribution in [2.75, 3.05) is 31.5 Å². The van der Waals surface area contributed by atoms with Crippen molar-refractivity contribution in [3.05, 3.63) is 70.3 Å². The minimum Gasteiger partial charge on any atom is -0.380 e. The molecule has 0 spiro atoms. The second-order valence-electron chi connectivity index (χ2n) is 6.63. The molecule has 0 aliphatic carbocycles. The van der Waals surface area contributed by atoms with E-state index in [0.717, 1.165) is 38.4 Å². The summed E-state index contributed by atoms with van der Waals surface area (Å²) in [5, 5.41) is 7.38. The van der Waals surface area contributed by atoms with E-state index in [1.54, 1.807) is 0 Å². The number of hydrogen-bond acceptors (Lipinski definition) is 5. The summed E-state index contributed by atoms with van der Waals surface area (Å²) in [5.74, 6) is 0. The first-order chi connectivity index (χ1) is 12.8. The summed E-state index contributed by atoms with van der Waals surface area (Å²) in [6.07, 6.45) is 1.44. The summed E-state index contributed by atoms with van der Waals surface area (Å²) < 4.78 is 0. The van der Waals surface area contributed by atoms with E-state index in [-0.39, 0.29) is 5.56 Å². The summed E-state index contributed by atoms with van der Waals surface area (Å²) >= 11 is 0. The number of fused-ring (bicyclic) bond motifs is 1. The van der Waals surface area contributed by atoms with E-state index in [0.29, 0.717) is 17.4 Å². The number of hydrogen-bond donors (Lipinski definition) is 3. The normalized spacial score (nSPS) is 15.2. The zero-order valence-corrected chi connectivity index (χ0v) is 14.7. The van der Waals surface area contributed by atoms with Crippen molar-refractivity contribution in [1.82, 2.24) is 20.2 Å². The molecule has 1 aliphatic rings. The van der Waals surface area contributed by atoms with Crippen LogP contribution in [0.3, 0.4) is 0 Å². The molecule has 2 heterocycles. The van der Waals surface area contributed by atoms with Crippen LogP contribution < -0.4 is 16.2 Å². The van der Waals surface area contributed by atoms with E-state index in [2.05, 4.69) is 49.8 Å². The minimum absolute atomic E-state index is 0.120. The highest BCUT2D eigenvalue weighted by molar-refractivity contribution is 5.90. The Morgan fingerprint density at radius 2 is 1.88 bits per heavy atom. The predicted octanol–water partition coefficient (Wildman–Crippen LogP) is 1.94. The van der Waals surface area contributed by atoms with Crippen LogP contribution in [0.4, 0.5) is 5.69 Å². The van der Waals surface area contributed by atoms with Crippen LogP contribution in [0.2, 0.25) is 0 Å². The molecule has 1 fully saturated rings. The van der Waals surface area contributed by atoms with E-state index in [1.807, 2.05) is 18.2 Å². The molecule has 0 radical (unpaired) electrons. The van der Waals surface area contributed by atoms with Crippen LogP contribution in [0, 0.1) is 0 Å². The Kier molecular flexibility index (Phi) is 4.95. The Morgan fingerprint density at radius 3 is 2.77 bits per heavy atom. The van der Waals surface area contributed by atoms with Gasteiger partial charge in [-0.25, -0.2) is 4.98 Å². The van der Waals surface area contributed by atoms with Gasteiger partial charge in [-0.3, -0.25) is 9.69 Å². The van der Waals surface area contributed by atoms with Gasteiger partial charge in [0.15, 0.2) is 0 Å². The summed E-state index contributed by atoms with van der Waals surface area (Å²) in [5.41, 5.74) is 3.92. The molecule has 6 nitrogen and oxygen atoms in total. The SMILES string of the molecule is O=c1[nH]cnc2cccc(NCc3cccc(CN4CCNCC4)c3)c12.